The zero-order valence-corrected chi connectivity index (χ0v) is 13.1. The number of aliphatic hydroxyl groups is 1. The van der Waals surface area contributed by atoms with E-state index in [2.05, 4.69) is 10.5 Å². The largest absolute Gasteiger partial charge is 0.396 e. The molecule has 0 saturated carbocycles. The highest BCUT2D eigenvalue weighted by atomic mass is 16.5. The van der Waals surface area contributed by atoms with Crippen molar-refractivity contribution >= 4 is 5.91 Å². The van der Waals surface area contributed by atoms with Gasteiger partial charge in [-0.25, -0.2) is 0 Å². The fraction of sp³-hybridized carbons (Fsp3) is 0.733. The van der Waals surface area contributed by atoms with Crippen LogP contribution in [0.5, 0.6) is 0 Å². The minimum atomic E-state index is -0.128. The summed E-state index contributed by atoms with van der Waals surface area (Å²) in [5, 5.41) is 15.8. The Morgan fingerprint density at radius 2 is 2.10 bits per heavy atom. The van der Waals surface area contributed by atoms with Crippen LogP contribution in [-0.2, 0) is 11.2 Å². The SMILES string of the molecule is Cc1noc(C)c1CC(C)C(=O)NCC(C)(C)CCO. The Hall–Kier alpha value is -1.36. The summed E-state index contributed by atoms with van der Waals surface area (Å²) in [6.07, 6.45) is 1.30. The molecule has 2 N–H and O–H groups in total. The summed E-state index contributed by atoms with van der Waals surface area (Å²) < 4.78 is 5.11. The molecule has 0 bridgehead atoms. The van der Waals surface area contributed by atoms with Gasteiger partial charge < -0.3 is 14.9 Å². The molecule has 0 fully saturated rings. The zero-order chi connectivity index (χ0) is 15.3. The van der Waals surface area contributed by atoms with Gasteiger partial charge in [-0.1, -0.05) is 25.9 Å². The van der Waals surface area contributed by atoms with E-state index in [4.69, 9.17) is 9.63 Å². The molecule has 1 aromatic heterocycles. The molecule has 5 nitrogen and oxygen atoms in total. The highest BCUT2D eigenvalue weighted by Crippen LogP contribution is 2.20. The standard InChI is InChI=1S/C15H26N2O3/c1-10(8-13-11(2)17-20-12(13)3)14(19)16-9-15(4,5)6-7-18/h10,18H,6-9H2,1-5H3,(H,16,19). The van der Waals surface area contributed by atoms with Gasteiger partial charge in [0.05, 0.1) is 5.69 Å². The monoisotopic (exact) mass is 282 g/mol. The lowest BCUT2D eigenvalue weighted by atomic mass is 9.89. The molecule has 0 spiro atoms. The minimum Gasteiger partial charge on any atom is -0.396 e. The van der Waals surface area contributed by atoms with Crippen molar-refractivity contribution in [3.63, 3.8) is 0 Å². The second-order valence-electron chi connectivity index (χ2n) is 6.26. The average Bonchev–Trinajstić information content (AvgIpc) is 2.67. The number of aliphatic hydroxyl groups excluding tert-OH is 1. The van der Waals surface area contributed by atoms with Crippen molar-refractivity contribution in [2.24, 2.45) is 11.3 Å². The third-order valence-corrected chi connectivity index (χ3v) is 3.67. The molecule has 5 heteroatoms. The van der Waals surface area contributed by atoms with Gasteiger partial charge in [0.2, 0.25) is 5.91 Å². The normalized spacial score (nSPS) is 13.3. The highest BCUT2D eigenvalue weighted by molar-refractivity contribution is 5.78. The Bertz CT molecular complexity index is 432. The van der Waals surface area contributed by atoms with Crippen LogP contribution in [0.2, 0.25) is 0 Å². The number of nitrogens with one attached hydrogen (secondary N) is 1. The Morgan fingerprint density at radius 3 is 2.60 bits per heavy atom. The van der Waals surface area contributed by atoms with Gasteiger partial charge >= 0.3 is 0 Å². The van der Waals surface area contributed by atoms with E-state index in [1.165, 1.54) is 0 Å². The molecule has 1 heterocycles. The summed E-state index contributed by atoms with van der Waals surface area (Å²) in [4.78, 5) is 12.1. The fourth-order valence-corrected chi connectivity index (χ4v) is 2.08. The molecule has 1 unspecified atom stereocenters. The van der Waals surface area contributed by atoms with E-state index < -0.39 is 0 Å². The maximum absolute atomic E-state index is 12.1. The van der Waals surface area contributed by atoms with E-state index in [1.807, 2.05) is 34.6 Å². The smallest absolute Gasteiger partial charge is 0.223 e. The van der Waals surface area contributed by atoms with Crippen molar-refractivity contribution in [3.05, 3.63) is 17.0 Å². The second kappa shape index (κ2) is 6.88. The van der Waals surface area contributed by atoms with Gasteiger partial charge in [-0.05, 0) is 32.1 Å². The maximum atomic E-state index is 12.1. The Morgan fingerprint density at radius 1 is 1.45 bits per heavy atom. The van der Waals surface area contributed by atoms with E-state index in [1.54, 1.807) is 0 Å². The molecule has 1 aromatic rings. The van der Waals surface area contributed by atoms with Crippen LogP contribution < -0.4 is 5.32 Å². The maximum Gasteiger partial charge on any atom is 0.223 e. The number of hydrogen-bond acceptors (Lipinski definition) is 4. The molecule has 0 aliphatic heterocycles. The molecule has 114 valence electrons. The topological polar surface area (TPSA) is 75.4 Å². The molecular formula is C15H26N2O3. The first-order valence-corrected chi connectivity index (χ1v) is 7.07. The van der Waals surface area contributed by atoms with Gasteiger partial charge in [0.1, 0.15) is 5.76 Å². The summed E-state index contributed by atoms with van der Waals surface area (Å²) in [6, 6.07) is 0. The first-order chi connectivity index (χ1) is 9.26. The predicted molar refractivity (Wildman–Crippen MR) is 77.3 cm³/mol. The molecular weight excluding hydrogens is 256 g/mol. The van der Waals surface area contributed by atoms with Crippen LogP contribution in [0.25, 0.3) is 0 Å². The van der Waals surface area contributed by atoms with E-state index in [9.17, 15) is 4.79 Å². The quantitative estimate of drug-likeness (QED) is 0.802. The summed E-state index contributed by atoms with van der Waals surface area (Å²) >= 11 is 0. The number of carbonyl (C=O) groups excluding carboxylic acids is 1. The van der Waals surface area contributed by atoms with Crippen molar-refractivity contribution in [3.8, 4) is 0 Å². The third-order valence-electron chi connectivity index (χ3n) is 3.67. The molecule has 0 aliphatic carbocycles. The van der Waals surface area contributed by atoms with Crippen LogP contribution in [-0.4, -0.2) is 29.3 Å². The van der Waals surface area contributed by atoms with Gasteiger partial charge in [0, 0.05) is 24.6 Å². The van der Waals surface area contributed by atoms with Crippen LogP contribution in [0.15, 0.2) is 4.52 Å². The number of aryl methyl sites for hydroxylation is 2. The van der Waals surface area contributed by atoms with E-state index in [0.717, 1.165) is 17.0 Å². The molecule has 1 rings (SSSR count). The van der Waals surface area contributed by atoms with Crippen molar-refractivity contribution in [2.75, 3.05) is 13.2 Å². The summed E-state index contributed by atoms with van der Waals surface area (Å²) in [7, 11) is 0. The second-order valence-corrected chi connectivity index (χ2v) is 6.26. The van der Waals surface area contributed by atoms with E-state index in [0.29, 0.717) is 19.4 Å². The Kier molecular flexibility index (Phi) is 5.74. The van der Waals surface area contributed by atoms with Crippen LogP contribution in [0, 0.1) is 25.2 Å². The fourth-order valence-electron chi connectivity index (χ4n) is 2.08. The van der Waals surface area contributed by atoms with E-state index in [-0.39, 0.29) is 23.8 Å². The van der Waals surface area contributed by atoms with Crippen LogP contribution in [0.1, 0.15) is 44.2 Å². The van der Waals surface area contributed by atoms with Crippen LogP contribution >= 0.6 is 0 Å². The van der Waals surface area contributed by atoms with Gasteiger partial charge in [0.25, 0.3) is 0 Å². The van der Waals surface area contributed by atoms with E-state index >= 15 is 0 Å². The number of hydrogen-bond donors (Lipinski definition) is 2. The summed E-state index contributed by atoms with van der Waals surface area (Å²) in [6.45, 7) is 10.4. The van der Waals surface area contributed by atoms with Crippen molar-refractivity contribution < 1.29 is 14.4 Å². The lowest BCUT2D eigenvalue weighted by Gasteiger charge is -2.24. The Balaban J connectivity index is 2.52. The van der Waals surface area contributed by atoms with Gasteiger partial charge in [0.15, 0.2) is 0 Å². The minimum absolute atomic E-state index is 0.0241. The number of nitrogens with zero attached hydrogens (tertiary/aromatic N) is 1. The highest BCUT2D eigenvalue weighted by Gasteiger charge is 2.22. The lowest BCUT2D eigenvalue weighted by molar-refractivity contribution is -0.125. The molecule has 0 aromatic carbocycles. The van der Waals surface area contributed by atoms with Crippen molar-refractivity contribution in [1.29, 1.82) is 0 Å². The third kappa shape index (κ3) is 4.63. The van der Waals surface area contributed by atoms with Crippen LogP contribution in [0.3, 0.4) is 0 Å². The molecule has 20 heavy (non-hydrogen) atoms. The number of amides is 1. The van der Waals surface area contributed by atoms with Crippen molar-refractivity contribution in [1.82, 2.24) is 10.5 Å². The van der Waals surface area contributed by atoms with Gasteiger partial charge in [-0.2, -0.15) is 0 Å². The zero-order valence-electron chi connectivity index (χ0n) is 13.1. The van der Waals surface area contributed by atoms with Crippen LogP contribution in [0.4, 0.5) is 0 Å². The van der Waals surface area contributed by atoms with Gasteiger partial charge in [-0.15, -0.1) is 0 Å². The Labute approximate surface area is 120 Å². The first-order valence-electron chi connectivity index (χ1n) is 7.07. The number of aromatic nitrogens is 1. The molecule has 0 radical (unpaired) electrons. The molecule has 1 amide bonds. The van der Waals surface area contributed by atoms with Gasteiger partial charge in [-0.3, -0.25) is 4.79 Å². The van der Waals surface area contributed by atoms with Crippen molar-refractivity contribution in [2.45, 2.75) is 47.5 Å². The summed E-state index contributed by atoms with van der Waals surface area (Å²) in [5.41, 5.74) is 1.78. The molecule has 1 atom stereocenters. The molecule has 0 saturated heterocycles. The average molecular weight is 282 g/mol. The summed E-state index contributed by atoms with van der Waals surface area (Å²) in [5.74, 6) is 0.676. The number of rotatable bonds is 7. The molecule has 0 aliphatic rings. The predicted octanol–water partition coefficient (Wildman–Crippen LogP) is 1.99. The number of carbonyl (C=O) groups is 1. The lowest BCUT2D eigenvalue weighted by Crippen LogP contribution is -2.38. The first kappa shape index (κ1) is 16.7.